The van der Waals surface area contributed by atoms with Crippen LogP contribution < -0.4 is 0 Å². The van der Waals surface area contributed by atoms with Crippen LogP contribution in [-0.4, -0.2) is 24.1 Å². The molecule has 0 aliphatic heterocycles. The number of carbonyl (C=O) groups is 2. The van der Waals surface area contributed by atoms with E-state index in [0.717, 1.165) is 25.7 Å². The molecule has 0 N–H and O–H groups in total. The molecule has 0 unspecified atom stereocenters. The molecule has 0 bridgehead atoms. The predicted octanol–water partition coefficient (Wildman–Crippen LogP) is 5.00. The van der Waals surface area contributed by atoms with Gasteiger partial charge in [-0.3, -0.25) is 0 Å². The molecule has 2 aliphatic carbocycles. The Balaban J connectivity index is 1.92. The summed E-state index contributed by atoms with van der Waals surface area (Å²) in [6.07, 6.45) is 6.02. The highest BCUT2D eigenvalue weighted by atomic mass is 16.5. The number of esters is 2. The number of hydrogen-bond donors (Lipinski definition) is 0. The van der Waals surface area contributed by atoms with Crippen molar-refractivity contribution in [1.82, 2.24) is 0 Å². The molecule has 6 atom stereocenters. The largest absolute Gasteiger partial charge is 0.452 e. The molecule has 0 spiro atoms. The van der Waals surface area contributed by atoms with E-state index in [-0.39, 0.29) is 12.2 Å². The van der Waals surface area contributed by atoms with Crippen molar-refractivity contribution in [1.29, 1.82) is 0 Å². The zero-order valence-electron chi connectivity index (χ0n) is 18.5. The van der Waals surface area contributed by atoms with Gasteiger partial charge in [-0.1, -0.05) is 54.4 Å². The quantitative estimate of drug-likeness (QED) is 0.385. The van der Waals surface area contributed by atoms with Crippen LogP contribution in [0.3, 0.4) is 0 Å². The van der Waals surface area contributed by atoms with Gasteiger partial charge in [0.15, 0.2) is 0 Å². The summed E-state index contributed by atoms with van der Waals surface area (Å²) in [7, 11) is 0. The Bertz CT molecular complexity index is 547. The lowest BCUT2D eigenvalue weighted by atomic mass is 9.75. The van der Waals surface area contributed by atoms with Crippen LogP contribution >= 0.6 is 0 Å². The second-order valence-electron chi connectivity index (χ2n) is 9.79. The molecule has 2 aliphatic rings. The second-order valence-corrected chi connectivity index (χ2v) is 9.79. The molecular weight excluding hydrogens is 352 g/mol. The maximum Gasteiger partial charge on any atom is 0.385 e. The van der Waals surface area contributed by atoms with Crippen molar-refractivity contribution in [3.63, 3.8) is 0 Å². The highest BCUT2D eigenvalue weighted by molar-refractivity contribution is 5.98. The smallest absolute Gasteiger partial charge is 0.385 e. The third-order valence-electron chi connectivity index (χ3n) is 6.71. The first-order valence-electron chi connectivity index (χ1n) is 11.1. The van der Waals surface area contributed by atoms with Gasteiger partial charge in [0, 0.05) is 11.8 Å². The van der Waals surface area contributed by atoms with Gasteiger partial charge in [0.25, 0.3) is 0 Å². The summed E-state index contributed by atoms with van der Waals surface area (Å²) in [5, 5.41) is 0. The van der Waals surface area contributed by atoms with Gasteiger partial charge in [-0.05, 0) is 61.2 Å². The molecule has 0 radical (unpaired) electrons. The van der Waals surface area contributed by atoms with Gasteiger partial charge in [-0.15, -0.1) is 0 Å². The lowest BCUT2D eigenvalue weighted by molar-refractivity contribution is -0.150. The molecule has 0 aromatic carbocycles. The summed E-state index contributed by atoms with van der Waals surface area (Å²) in [5.74, 6) is 6.25. The summed E-state index contributed by atoms with van der Waals surface area (Å²) < 4.78 is 11.3. The Kier molecular flexibility index (Phi) is 8.40. The number of rotatable bonds is 4. The number of carbonyl (C=O) groups excluding carboxylic acids is 2. The minimum absolute atomic E-state index is 0.105. The van der Waals surface area contributed by atoms with E-state index >= 15 is 0 Å². The first kappa shape index (κ1) is 22.8. The van der Waals surface area contributed by atoms with E-state index in [4.69, 9.17) is 9.47 Å². The first-order valence-corrected chi connectivity index (χ1v) is 11.1. The van der Waals surface area contributed by atoms with Gasteiger partial charge in [0.1, 0.15) is 12.2 Å². The van der Waals surface area contributed by atoms with Crippen molar-refractivity contribution in [2.24, 2.45) is 35.5 Å². The maximum atomic E-state index is 12.2. The van der Waals surface area contributed by atoms with Crippen molar-refractivity contribution in [3.8, 4) is 11.8 Å². The molecule has 0 aromatic rings. The molecule has 158 valence electrons. The maximum absolute atomic E-state index is 12.2. The van der Waals surface area contributed by atoms with E-state index in [9.17, 15) is 9.59 Å². The van der Waals surface area contributed by atoms with Gasteiger partial charge >= 0.3 is 11.9 Å². The van der Waals surface area contributed by atoms with E-state index in [1.807, 2.05) is 0 Å². The molecule has 0 saturated heterocycles. The molecule has 2 fully saturated rings. The highest BCUT2D eigenvalue weighted by Crippen LogP contribution is 2.36. The molecule has 0 heterocycles. The van der Waals surface area contributed by atoms with Gasteiger partial charge in [-0.2, -0.15) is 0 Å². The summed E-state index contributed by atoms with van der Waals surface area (Å²) in [4.78, 5) is 24.4. The lowest BCUT2D eigenvalue weighted by Gasteiger charge is -2.36. The summed E-state index contributed by atoms with van der Waals surface area (Å²) in [6.45, 7) is 13.1. The third kappa shape index (κ3) is 6.54. The predicted molar refractivity (Wildman–Crippen MR) is 110 cm³/mol. The fraction of sp³-hybridized carbons (Fsp3) is 0.833. The Morgan fingerprint density at radius 2 is 1.07 bits per heavy atom. The van der Waals surface area contributed by atoms with Crippen molar-refractivity contribution in [3.05, 3.63) is 0 Å². The van der Waals surface area contributed by atoms with Crippen LogP contribution in [-0.2, 0) is 19.1 Å². The topological polar surface area (TPSA) is 52.6 Å². The van der Waals surface area contributed by atoms with Crippen LogP contribution in [0.25, 0.3) is 0 Å². The van der Waals surface area contributed by atoms with Crippen molar-refractivity contribution in [2.45, 2.75) is 92.3 Å². The zero-order valence-corrected chi connectivity index (χ0v) is 18.5. The van der Waals surface area contributed by atoms with E-state index < -0.39 is 11.9 Å². The van der Waals surface area contributed by atoms with Crippen LogP contribution in [0.15, 0.2) is 0 Å². The van der Waals surface area contributed by atoms with Gasteiger partial charge < -0.3 is 9.47 Å². The van der Waals surface area contributed by atoms with Crippen LogP contribution in [0.5, 0.6) is 0 Å². The van der Waals surface area contributed by atoms with Crippen molar-refractivity contribution >= 4 is 11.9 Å². The number of ether oxygens (including phenoxy) is 2. The number of hydrogen-bond acceptors (Lipinski definition) is 4. The van der Waals surface area contributed by atoms with E-state index in [1.165, 1.54) is 12.8 Å². The molecule has 4 nitrogen and oxygen atoms in total. The normalized spacial score (nSPS) is 33.1. The average molecular weight is 391 g/mol. The van der Waals surface area contributed by atoms with Crippen molar-refractivity contribution < 1.29 is 19.1 Å². The molecule has 4 heteroatoms. The zero-order chi connectivity index (χ0) is 20.8. The molecule has 28 heavy (non-hydrogen) atoms. The lowest BCUT2D eigenvalue weighted by Crippen LogP contribution is -2.36. The third-order valence-corrected chi connectivity index (χ3v) is 6.71. The molecule has 2 saturated carbocycles. The Morgan fingerprint density at radius 3 is 1.39 bits per heavy atom. The fourth-order valence-electron chi connectivity index (χ4n) is 4.94. The summed E-state index contributed by atoms with van der Waals surface area (Å²) in [6, 6.07) is 0. The second kappa shape index (κ2) is 10.3. The van der Waals surface area contributed by atoms with Crippen LogP contribution in [0.1, 0.15) is 80.1 Å². The minimum atomic E-state index is -0.612. The molecule has 0 aromatic heterocycles. The Labute approximate surface area is 171 Å². The Morgan fingerprint density at radius 1 is 0.714 bits per heavy atom. The van der Waals surface area contributed by atoms with Crippen molar-refractivity contribution in [2.75, 3.05) is 0 Å². The van der Waals surface area contributed by atoms with Gasteiger partial charge in [0.2, 0.25) is 0 Å². The summed E-state index contributed by atoms with van der Waals surface area (Å²) in [5.41, 5.74) is 0. The van der Waals surface area contributed by atoms with Crippen LogP contribution in [0.2, 0.25) is 0 Å². The first-order chi connectivity index (χ1) is 13.2. The van der Waals surface area contributed by atoms with E-state index in [2.05, 4.69) is 53.4 Å². The van der Waals surface area contributed by atoms with Crippen LogP contribution in [0.4, 0.5) is 0 Å². The standard InChI is InChI=1S/C24H38O4/c1-15(2)19-9-7-17(5)13-21(19)27-23(25)11-12-24(26)28-22-14-18(6)8-10-20(22)16(3)4/h15-22H,7-10,13-14H2,1-6H3/t17-,18-,19+,20+,21-,22-/m1/s1. The molecule has 2 rings (SSSR count). The molecular formula is C24H38O4. The fourth-order valence-corrected chi connectivity index (χ4v) is 4.94. The van der Waals surface area contributed by atoms with Gasteiger partial charge in [-0.25, -0.2) is 9.59 Å². The highest BCUT2D eigenvalue weighted by Gasteiger charge is 2.34. The SMILES string of the molecule is CC(C)[C@@H]1CC[C@@H](C)C[C@H]1OC(=O)C#CC(=O)O[C@@H]1C[C@H](C)CC[C@H]1C(C)C. The monoisotopic (exact) mass is 390 g/mol. The van der Waals surface area contributed by atoms with E-state index in [1.54, 1.807) is 0 Å². The Hall–Kier alpha value is -1.50. The minimum Gasteiger partial charge on any atom is -0.452 e. The molecule has 0 amide bonds. The summed E-state index contributed by atoms with van der Waals surface area (Å²) >= 11 is 0. The van der Waals surface area contributed by atoms with Gasteiger partial charge in [0.05, 0.1) is 0 Å². The van der Waals surface area contributed by atoms with Crippen LogP contribution in [0, 0.1) is 47.3 Å². The van der Waals surface area contributed by atoms with E-state index in [0.29, 0.717) is 35.5 Å². The average Bonchev–Trinajstić information content (AvgIpc) is 2.59.